The molecule has 0 atom stereocenters. The fraction of sp³-hybridized carbons (Fsp3) is 0.364. The molecule has 0 fully saturated rings. The van der Waals surface area contributed by atoms with Gasteiger partial charge in [0.25, 0.3) is 5.91 Å². The predicted octanol–water partition coefficient (Wildman–Crippen LogP) is 2.45. The van der Waals surface area contributed by atoms with Gasteiger partial charge in [-0.2, -0.15) is 0 Å². The Labute approximate surface area is 114 Å². The molecule has 1 N–H and O–H groups in total. The lowest BCUT2D eigenvalue weighted by Crippen LogP contribution is -2.42. The van der Waals surface area contributed by atoms with Crippen molar-refractivity contribution in [2.75, 3.05) is 0 Å². The van der Waals surface area contributed by atoms with Crippen molar-refractivity contribution in [1.29, 1.82) is 0 Å². The molecule has 0 spiro atoms. The number of rotatable bonds is 2. The van der Waals surface area contributed by atoms with E-state index in [1.807, 2.05) is 4.72 Å². The molecular weight excluding hydrogens is 325 g/mol. The van der Waals surface area contributed by atoms with Gasteiger partial charge in [0.2, 0.25) is 10.0 Å². The summed E-state index contributed by atoms with van der Waals surface area (Å²) in [5.74, 6) is -1.31. The summed E-state index contributed by atoms with van der Waals surface area (Å²) in [6.45, 7) is 4.42. The summed E-state index contributed by atoms with van der Waals surface area (Å²) in [5.41, 5.74) is 0.0595. The Hall–Kier alpha value is -0.950. The molecule has 7 heteroatoms. The Morgan fingerprint density at radius 3 is 2.33 bits per heavy atom. The quantitative estimate of drug-likeness (QED) is 0.901. The molecule has 1 aromatic rings. The first-order valence-electron chi connectivity index (χ1n) is 5.06. The maximum Gasteiger partial charge on any atom is 0.265 e. The van der Waals surface area contributed by atoms with Crippen molar-refractivity contribution in [2.45, 2.75) is 25.5 Å². The van der Waals surface area contributed by atoms with Gasteiger partial charge < -0.3 is 0 Å². The Kier molecular flexibility index (Phi) is 4.17. The number of hydrogen-bond donors (Lipinski definition) is 1. The van der Waals surface area contributed by atoms with Gasteiger partial charge in [-0.25, -0.2) is 17.5 Å². The maximum atomic E-state index is 12.9. The first kappa shape index (κ1) is 15.1. The fourth-order valence-electron chi connectivity index (χ4n) is 1.00. The molecule has 0 aliphatic rings. The summed E-state index contributed by atoms with van der Waals surface area (Å²) in [6.07, 6.45) is 0. The van der Waals surface area contributed by atoms with Crippen LogP contribution in [0.15, 0.2) is 22.7 Å². The third-order valence-electron chi connectivity index (χ3n) is 2.21. The molecule has 0 heterocycles. The van der Waals surface area contributed by atoms with Crippen molar-refractivity contribution in [3.63, 3.8) is 0 Å². The molecule has 0 saturated heterocycles. The minimum atomic E-state index is -3.79. The molecule has 0 aliphatic heterocycles. The van der Waals surface area contributed by atoms with E-state index in [2.05, 4.69) is 15.9 Å². The van der Waals surface area contributed by atoms with Crippen molar-refractivity contribution in [3.05, 3.63) is 34.1 Å². The second-order valence-electron chi connectivity index (χ2n) is 4.67. The molecule has 1 rings (SSSR count). The van der Waals surface area contributed by atoms with Crippen LogP contribution in [0.4, 0.5) is 4.39 Å². The number of amides is 1. The van der Waals surface area contributed by atoms with Gasteiger partial charge in [-0.05, 0) is 54.9 Å². The zero-order valence-electron chi connectivity index (χ0n) is 10.1. The lowest BCUT2D eigenvalue weighted by atomic mass is 10.2. The van der Waals surface area contributed by atoms with E-state index in [1.54, 1.807) is 0 Å². The summed E-state index contributed by atoms with van der Waals surface area (Å²) in [4.78, 5) is 11.8. The number of nitrogens with one attached hydrogen (secondary N) is 1. The van der Waals surface area contributed by atoms with Crippen LogP contribution >= 0.6 is 15.9 Å². The van der Waals surface area contributed by atoms with Crippen molar-refractivity contribution >= 4 is 31.9 Å². The van der Waals surface area contributed by atoms with Gasteiger partial charge in [0.1, 0.15) is 5.82 Å². The summed E-state index contributed by atoms with van der Waals surface area (Å²) in [7, 11) is -3.79. The zero-order valence-corrected chi connectivity index (χ0v) is 12.5. The lowest BCUT2D eigenvalue weighted by molar-refractivity contribution is 0.0979. The van der Waals surface area contributed by atoms with Crippen LogP contribution in [-0.4, -0.2) is 19.1 Å². The SMILES string of the molecule is CC(C)(C)S(=O)(=O)NC(=O)c1ccc(F)cc1Br. The average molecular weight is 338 g/mol. The van der Waals surface area contributed by atoms with E-state index in [0.29, 0.717) is 0 Å². The second kappa shape index (κ2) is 4.97. The Balaban J connectivity index is 3.04. The highest BCUT2D eigenvalue weighted by Crippen LogP contribution is 2.19. The fourth-order valence-corrected chi connectivity index (χ4v) is 2.19. The number of benzene rings is 1. The summed E-state index contributed by atoms with van der Waals surface area (Å²) < 4.78 is 37.5. The van der Waals surface area contributed by atoms with Crippen LogP contribution in [-0.2, 0) is 10.0 Å². The molecule has 1 amide bonds. The average Bonchev–Trinajstić information content (AvgIpc) is 2.14. The predicted molar refractivity (Wildman–Crippen MR) is 70.2 cm³/mol. The molecule has 0 bridgehead atoms. The summed E-state index contributed by atoms with van der Waals surface area (Å²) in [6, 6.07) is 3.40. The van der Waals surface area contributed by atoms with Crippen molar-refractivity contribution < 1.29 is 17.6 Å². The van der Waals surface area contributed by atoms with Gasteiger partial charge in [-0.1, -0.05) is 0 Å². The van der Waals surface area contributed by atoms with Gasteiger partial charge >= 0.3 is 0 Å². The van der Waals surface area contributed by atoms with E-state index in [4.69, 9.17) is 0 Å². The zero-order chi connectivity index (χ0) is 14.1. The molecule has 4 nitrogen and oxygen atoms in total. The molecule has 0 aromatic heterocycles. The van der Waals surface area contributed by atoms with Crippen LogP contribution in [0.5, 0.6) is 0 Å². The van der Waals surface area contributed by atoms with Crippen LogP contribution in [0.3, 0.4) is 0 Å². The number of carbonyl (C=O) groups excluding carboxylic acids is 1. The van der Waals surface area contributed by atoms with E-state index < -0.39 is 26.5 Å². The Morgan fingerprint density at radius 1 is 1.33 bits per heavy atom. The third kappa shape index (κ3) is 3.29. The number of sulfonamides is 1. The monoisotopic (exact) mass is 337 g/mol. The van der Waals surface area contributed by atoms with Crippen LogP contribution < -0.4 is 4.72 Å². The highest BCUT2D eigenvalue weighted by atomic mass is 79.9. The minimum Gasteiger partial charge on any atom is -0.268 e. The van der Waals surface area contributed by atoms with Gasteiger partial charge in [0, 0.05) is 4.47 Å². The topological polar surface area (TPSA) is 63.2 Å². The number of carbonyl (C=O) groups is 1. The summed E-state index contributed by atoms with van der Waals surface area (Å²) >= 11 is 3.01. The van der Waals surface area contributed by atoms with Crippen LogP contribution in [0.25, 0.3) is 0 Å². The first-order valence-corrected chi connectivity index (χ1v) is 7.34. The van der Waals surface area contributed by atoms with E-state index in [-0.39, 0.29) is 10.0 Å². The second-order valence-corrected chi connectivity index (χ2v) is 7.96. The molecular formula is C11H13BrFNO3S. The first-order chi connectivity index (χ1) is 8.04. The van der Waals surface area contributed by atoms with Crippen LogP contribution in [0, 0.1) is 5.82 Å². The van der Waals surface area contributed by atoms with Gasteiger partial charge in [-0.15, -0.1) is 0 Å². The molecule has 0 saturated carbocycles. The number of halogens is 2. The van der Waals surface area contributed by atoms with Gasteiger partial charge in [0.15, 0.2) is 0 Å². The molecule has 0 radical (unpaired) electrons. The molecule has 100 valence electrons. The Morgan fingerprint density at radius 2 is 1.89 bits per heavy atom. The number of hydrogen-bond acceptors (Lipinski definition) is 3. The molecule has 18 heavy (non-hydrogen) atoms. The lowest BCUT2D eigenvalue weighted by Gasteiger charge is -2.19. The summed E-state index contributed by atoms with van der Waals surface area (Å²) in [5, 5.41) is 0. The normalized spacial score (nSPS) is 12.3. The molecule has 0 aliphatic carbocycles. The standard InChI is InChI=1S/C11H13BrFNO3S/c1-11(2,3)18(16,17)14-10(15)8-5-4-7(13)6-9(8)12/h4-6H,1-3H3,(H,14,15). The minimum absolute atomic E-state index is 0.0595. The van der Waals surface area contributed by atoms with Crippen molar-refractivity contribution in [3.8, 4) is 0 Å². The van der Waals surface area contributed by atoms with E-state index in [9.17, 15) is 17.6 Å². The highest BCUT2D eigenvalue weighted by molar-refractivity contribution is 9.10. The van der Waals surface area contributed by atoms with E-state index in [1.165, 1.54) is 26.8 Å². The third-order valence-corrected chi connectivity index (χ3v) is 4.93. The highest BCUT2D eigenvalue weighted by Gasteiger charge is 2.31. The van der Waals surface area contributed by atoms with Gasteiger partial charge in [-0.3, -0.25) is 4.79 Å². The maximum absolute atomic E-state index is 12.9. The van der Waals surface area contributed by atoms with E-state index >= 15 is 0 Å². The van der Waals surface area contributed by atoms with Crippen molar-refractivity contribution in [2.24, 2.45) is 0 Å². The van der Waals surface area contributed by atoms with Gasteiger partial charge in [0.05, 0.1) is 10.3 Å². The molecule has 1 aromatic carbocycles. The van der Waals surface area contributed by atoms with E-state index in [0.717, 1.165) is 12.1 Å². The Bertz CT molecular complexity index is 578. The van der Waals surface area contributed by atoms with Crippen LogP contribution in [0.2, 0.25) is 0 Å². The molecule has 0 unspecified atom stereocenters. The van der Waals surface area contributed by atoms with Crippen molar-refractivity contribution in [1.82, 2.24) is 4.72 Å². The largest absolute Gasteiger partial charge is 0.268 e. The van der Waals surface area contributed by atoms with Crippen LogP contribution in [0.1, 0.15) is 31.1 Å². The smallest absolute Gasteiger partial charge is 0.265 e.